The number of nitrogens with zero attached hydrogens (tertiary/aromatic N) is 4. The van der Waals surface area contributed by atoms with E-state index in [0.717, 1.165) is 25.2 Å². The summed E-state index contributed by atoms with van der Waals surface area (Å²) in [6, 6.07) is 9.46. The van der Waals surface area contributed by atoms with Gasteiger partial charge in [0.2, 0.25) is 0 Å². The monoisotopic (exact) mass is 429 g/mol. The van der Waals surface area contributed by atoms with Gasteiger partial charge in [-0.05, 0) is 36.8 Å². The number of nitrogens with one attached hydrogen (secondary N) is 1. The fourth-order valence-electron chi connectivity index (χ4n) is 3.86. The Morgan fingerprint density at radius 2 is 2.00 bits per heavy atom. The van der Waals surface area contributed by atoms with Crippen molar-refractivity contribution in [3.8, 4) is 5.69 Å². The summed E-state index contributed by atoms with van der Waals surface area (Å²) >= 11 is 6.30. The van der Waals surface area contributed by atoms with Crippen LogP contribution in [0.25, 0.3) is 5.69 Å². The van der Waals surface area contributed by atoms with E-state index in [1.54, 1.807) is 11.8 Å². The van der Waals surface area contributed by atoms with E-state index in [4.69, 9.17) is 16.3 Å². The molecule has 0 radical (unpaired) electrons. The molecular weight excluding hydrogens is 412 g/mol. The normalized spacial score (nSPS) is 17.8. The SMILES string of the molecule is COC1CCN(c2ccc3c(c2)-n2ncc(Cl)c2N=C(c2c(F)cccc2F)N3)C1. The molecule has 1 aromatic heterocycles. The number of anilines is 2. The van der Waals surface area contributed by atoms with Crippen LogP contribution < -0.4 is 10.2 Å². The molecule has 1 N–H and O–H groups in total. The number of fused-ring (bicyclic) bond motifs is 3. The molecule has 0 aliphatic carbocycles. The third-order valence-electron chi connectivity index (χ3n) is 5.42. The first-order valence-electron chi connectivity index (χ1n) is 9.51. The van der Waals surface area contributed by atoms with E-state index in [-0.39, 0.29) is 22.5 Å². The Bertz CT molecular complexity index is 1140. The van der Waals surface area contributed by atoms with Crippen molar-refractivity contribution in [2.24, 2.45) is 4.99 Å². The molecule has 9 heteroatoms. The van der Waals surface area contributed by atoms with Crippen LogP contribution in [-0.2, 0) is 4.74 Å². The third-order valence-corrected chi connectivity index (χ3v) is 5.69. The molecular formula is C21H18ClF2N5O. The molecule has 3 aromatic rings. The molecule has 0 spiro atoms. The highest BCUT2D eigenvalue weighted by molar-refractivity contribution is 6.33. The average Bonchev–Trinajstić information content (AvgIpc) is 3.31. The van der Waals surface area contributed by atoms with Gasteiger partial charge >= 0.3 is 0 Å². The number of aromatic nitrogens is 2. The molecule has 154 valence electrons. The molecule has 2 aliphatic rings. The molecule has 1 unspecified atom stereocenters. The van der Waals surface area contributed by atoms with Gasteiger partial charge in [0, 0.05) is 25.9 Å². The van der Waals surface area contributed by atoms with E-state index < -0.39 is 11.6 Å². The number of hydrogen-bond acceptors (Lipinski definition) is 5. The summed E-state index contributed by atoms with van der Waals surface area (Å²) in [7, 11) is 1.72. The van der Waals surface area contributed by atoms with Crippen LogP contribution in [0.4, 0.5) is 26.0 Å². The second-order valence-corrected chi connectivity index (χ2v) is 7.61. The highest BCUT2D eigenvalue weighted by Gasteiger charge is 2.26. The van der Waals surface area contributed by atoms with E-state index in [1.165, 1.54) is 24.4 Å². The molecule has 1 saturated heterocycles. The number of aliphatic imine (C=N–C) groups is 1. The van der Waals surface area contributed by atoms with E-state index in [0.29, 0.717) is 17.2 Å². The summed E-state index contributed by atoms with van der Waals surface area (Å²) in [4.78, 5) is 6.64. The van der Waals surface area contributed by atoms with Crippen LogP contribution in [0.3, 0.4) is 0 Å². The van der Waals surface area contributed by atoms with Crippen LogP contribution in [0, 0.1) is 11.6 Å². The number of methoxy groups -OCH3 is 1. The van der Waals surface area contributed by atoms with Crippen LogP contribution >= 0.6 is 11.6 Å². The topological polar surface area (TPSA) is 54.7 Å². The predicted molar refractivity (Wildman–Crippen MR) is 112 cm³/mol. The Hall–Kier alpha value is -2.97. The molecule has 1 atom stereocenters. The zero-order valence-electron chi connectivity index (χ0n) is 16.1. The van der Waals surface area contributed by atoms with Crippen LogP contribution in [0.15, 0.2) is 47.6 Å². The van der Waals surface area contributed by atoms with Gasteiger partial charge in [0.25, 0.3) is 0 Å². The Kier molecular flexibility index (Phi) is 4.67. The maximum absolute atomic E-state index is 14.5. The number of halogens is 3. The van der Waals surface area contributed by atoms with E-state index >= 15 is 0 Å². The number of ether oxygens (including phenoxy) is 1. The Labute approximate surface area is 176 Å². The van der Waals surface area contributed by atoms with Gasteiger partial charge in [0.1, 0.15) is 22.5 Å². The van der Waals surface area contributed by atoms with E-state index in [2.05, 4.69) is 20.3 Å². The minimum absolute atomic E-state index is 0.0290. The van der Waals surface area contributed by atoms with E-state index in [1.807, 2.05) is 18.2 Å². The number of rotatable bonds is 3. The molecule has 3 heterocycles. The minimum atomic E-state index is -0.716. The quantitative estimate of drug-likeness (QED) is 0.664. The average molecular weight is 430 g/mol. The predicted octanol–water partition coefficient (Wildman–Crippen LogP) is 4.53. The zero-order chi connectivity index (χ0) is 20.8. The summed E-state index contributed by atoms with van der Waals surface area (Å²) in [5, 5.41) is 7.68. The fraction of sp³-hybridized carbons (Fsp3) is 0.238. The third kappa shape index (κ3) is 3.12. The molecule has 1 fully saturated rings. The van der Waals surface area contributed by atoms with E-state index in [9.17, 15) is 8.78 Å². The van der Waals surface area contributed by atoms with Gasteiger partial charge in [-0.3, -0.25) is 0 Å². The number of amidine groups is 1. The Balaban J connectivity index is 1.62. The first-order chi connectivity index (χ1) is 14.5. The van der Waals surface area contributed by atoms with Crippen molar-refractivity contribution < 1.29 is 13.5 Å². The molecule has 0 saturated carbocycles. The van der Waals surface area contributed by atoms with Crippen molar-refractivity contribution in [3.63, 3.8) is 0 Å². The number of hydrogen-bond donors (Lipinski definition) is 1. The van der Waals surface area contributed by atoms with Crippen molar-refractivity contribution in [2.75, 3.05) is 30.4 Å². The molecule has 0 amide bonds. The minimum Gasteiger partial charge on any atom is -0.380 e. The van der Waals surface area contributed by atoms with Crippen LogP contribution in [-0.4, -0.2) is 41.9 Å². The van der Waals surface area contributed by atoms with Gasteiger partial charge in [-0.1, -0.05) is 17.7 Å². The highest BCUT2D eigenvalue weighted by atomic mass is 35.5. The van der Waals surface area contributed by atoms with Gasteiger partial charge in [-0.15, -0.1) is 0 Å². The maximum Gasteiger partial charge on any atom is 0.176 e. The van der Waals surface area contributed by atoms with Gasteiger partial charge in [0.15, 0.2) is 5.82 Å². The molecule has 5 rings (SSSR count). The lowest BCUT2D eigenvalue weighted by Gasteiger charge is -2.20. The fourth-order valence-corrected chi connectivity index (χ4v) is 4.02. The summed E-state index contributed by atoms with van der Waals surface area (Å²) < 4.78 is 35.9. The molecule has 2 aliphatic heterocycles. The summed E-state index contributed by atoms with van der Waals surface area (Å²) in [6.45, 7) is 1.66. The lowest BCUT2D eigenvalue weighted by Crippen LogP contribution is -2.22. The van der Waals surface area contributed by atoms with Gasteiger partial charge in [-0.25, -0.2) is 18.5 Å². The largest absolute Gasteiger partial charge is 0.380 e. The lowest BCUT2D eigenvalue weighted by molar-refractivity contribution is 0.121. The number of benzene rings is 2. The smallest absolute Gasteiger partial charge is 0.176 e. The highest BCUT2D eigenvalue weighted by Crippen LogP contribution is 2.37. The van der Waals surface area contributed by atoms with Crippen LogP contribution in [0.5, 0.6) is 0 Å². The molecule has 2 aromatic carbocycles. The first-order valence-corrected chi connectivity index (χ1v) is 9.88. The van der Waals surface area contributed by atoms with Crippen molar-refractivity contribution in [2.45, 2.75) is 12.5 Å². The van der Waals surface area contributed by atoms with Crippen molar-refractivity contribution in [1.82, 2.24) is 9.78 Å². The van der Waals surface area contributed by atoms with Crippen LogP contribution in [0.2, 0.25) is 5.02 Å². The lowest BCUT2D eigenvalue weighted by atomic mass is 10.1. The van der Waals surface area contributed by atoms with Crippen molar-refractivity contribution in [3.05, 3.63) is 64.8 Å². The van der Waals surface area contributed by atoms with Gasteiger partial charge in [-0.2, -0.15) is 5.10 Å². The van der Waals surface area contributed by atoms with Crippen molar-refractivity contribution in [1.29, 1.82) is 0 Å². The molecule has 0 bridgehead atoms. The Morgan fingerprint density at radius 1 is 1.20 bits per heavy atom. The van der Waals surface area contributed by atoms with Gasteiger partial charge in [0.05, 0.1) is 29.2 Å². The van der Waals surface area contributed by atoms with Crippen molar-refractivity contribution >= 4 is 34.6 Å². The van der Waals surface area contributed by atoms with Crippen LogP contribution in [0.1, 0.15) is 12.0 Å². The first kappa shape index (κ1) is 19.0. The summed E-state index contributed by atoms with van der Waals surface area (Å²) in [5.41, 5.74) is 2.04. The molecule has 6 nitrogen and oxygen atoms in total. The summed E-state index contributed by atoms with van der Waals surface area (Å²) in [6.07, 6.45) is 2.61. The standard InChI is InChI=1S/C21H18ClF2N5O/c1-30-13-7-8-28(11-13)12-5-6-17-18(9-12)29-21(14(22)10-25-29)27-20(26-17)19-15(23)3-2-4-16(19)24/h2-6,9-10,13H,7-8,11H2,1H3,(H,26,27). The van der Waals surface area contributed by atoms with Gasteiger partial charge < -0.3 is 15.0 Å². The second-order valence-electron chi connectivity index (χ2n) is 7.20. The maximum atomic E-state index is 14.5. The second kappa shape index (κ2) is 7.37. The Morgan fingerprint density at radius 3 is 2.73 bits per heavy atom. The zero-order valence-corrected chi connectivity index (χ0v) is 16.8. The molecule has 30 heavy (non-hydrogen) atoms. The summed E-state index contributed by atoms with van der Waals surface area (Å²) in [5.74, 6) is -1.10.